The lowest BCUT2D eigenvalue weighted by Gasteiger charge is -2.14. The number of carbonyl (C=O) groups excluding carboxylic acids is 1. The van der Waals surface area contributed by atoms with Gasteiger partial charge in [-0.25, -0.2) is 8.42 Å². The van der Waals surface area contributed by atoms with E-state index < -0.39 is 15.9 Å². The summed E-state index contributed by atoms with van der Waals surface area (Å²) in [5, 5.41) is 4.81. The Morgan fingerprint density at radius 1 is 0.771 bits per heavy atom. The molecule has 0 aliphatic rings. The van der Waals surface area contributed by atoms with Crippen LogP contribution in [0, 0.1) is 20.8 Å². The monoisotopic (exact) mass is 484 g/mol. The lowest BCUT2D eigenvalue weighted by Crippen LogP contribution is -2.17. The SMILES string of the molecule is Cc1ccc(C(=O)Nc2ccc3c(c2)oc2ccccc23)cc1S(=O)(=O)Nc1cccc(C)c1C. The summed E-state index contributed by atoms with van der Waals surface area (Å²) in [6.07, 6.45) is 0. The Balaban J connectivity index is 1.43. The number of sulfonamides is 1. The topological polar surface area (TPSA) is 88.4 Å². The molecule has 2 N–H and O–H groups in total. The lowest BCUT2D eigenvalue weighted by molar-refractivity contribution is 0.102. The van der Waals surface area contributed by atoms with E-state index in [0.29, 0.717) is 22.5 Å². The minimum absolute atomic E-state index is 0.0544. The number of aryl methyl sites for hydroxylation is 2. The van der Waals surface area contributed by atoms with Crippen molar-refractivity contribution in [1.29, 1.82) is 0 Å². The summed E-state index contributed by atoms with van der Waals surface area (Å²) in [6, 6.07) is 23.3. The Morgan fingerprint density at radius 3 is 2.37 bits per heavy atom. The predicted molar refractivity (Wildman–Crippen MR) is 140 cm³/mol. The van der Waals surface area contributed by atoms with Crippen LogP contribution in [0.25, 0.3) is 21.9 Å². The third-order valence-corrected chi connectivity index (χ3v) is 7.73. The van der Waals surface area contributed by atoms with Crippen molar-refractivity contribution in [3.63, 3.8) is 0 Å². The molecule has 0 aliphatic heterocycles. The maximum Gasteiger partial charge on any atom is 0.262 e. The molecule has 7 heteroatoms. The highest BCUT2D eigenvalue weighted by Gasteiger charge is 2.21. The predicted octanol–water partition coefficient (Wildman–Crippen LogP) is 6.56. The number of hydrogen-bond acceptors (Lipinski definition) is 4. The summed E-state index contributed by atoms with van der Waals surface area (Å²) < 4.78 is 34.9. The summed E-state index contributed by atoms with van der Waals surface area (Å²) in [6.45, 7) is 5.49. The molecule has 0 spiro atoms. The molecular weight excluding hydrogens is 460 g/mol. The molecule has 0 unspecified atom stereocenters. The first kappa shape index (κ1) is 22.7. The van der Waals surface area contributed by atoms with Gasteiger partial charge in [0, 0.05) is 28.1 Å². The van der Waals surface area contributed by atoms with Crippen molar-refractivity contribution in [2.24, 2.45) is 0 Å². The fourth-order valence-electron chi connectivity index (χ4n) is 4.10. The number of nitrogens with one attached hydrogen (secondary N) is 2. The number of anilines is 2. The van der Waals surface area contributed by atoms with Crippen LogP contribution in [0.5, 0.6) is 0 Å². The second-order valence-corrected chi connectivity index (χ2v) is 10.2. The Kier molecular flexibility index (Phi) is 5.57. The zero-order valence-electron chi connectivity index (χ0n) is 19.5. The van der Waals surface area contributed by atoms with E-state index in [4.69, 9.17) is 4.42 Å². The Labute approximate surface area is 203 Å². The zero-order valence-corrected chi connectivity index (χ0v) is 20.4. The normalized spacial score (nSPS) is 11.6. The maximum absolute atomic E-state index is 13.2. The van der Waals surface area contributed by atoms with E-state index in [1.807, 2.05) is 50.2 Å². The van der Waals surface area contributed by atoms with Gasteiger partial charge in [-0.1, -0.05) is 36.4 Å². The third-order valence-electron chi connectivity index (χ3n) is 6.23. The largest absolute Gasteiger partial charge is 0.456 e. The van der Waals surface area contributed by atoms with E-state index in [0.717, 1.165) is 27.5 Å². The summed E-state index contributed by atoms with van der Waals surface area (Å²) >= 11 is 0. The van der Waals surface area contributed by atoms with Crippen molar-refractivity contribution in [3.05, 3.63) is 101 Å². The second-order valence-electron chi connectivity index (χ2n) is 8.60. The molecule has 4 aromatic carbocycles. The van der Waals surface area contributed by atoms with Crippen LogP contribution in [0.15, 0.2) is 88.2 Å². The zero-order chi connectivity index (χ0) is 24.7. The van der Waals surface area contributed by atoms with Crippen LogP contribution >= 0.6 is 0 Å². The number of fused-ring (bicyclic) bond motifs is 3. The average molecular weight is 485 g/mol. The molecule has 0 aliphatic carbocycles. The summed E-state index contributed by atoms with van der Waals surface area (Å²) in [7, 11) is -3.90. The van der Waals surface area contributed by atoms with E-state index in [1.54, 1.807) is 43.3 Å². The number of para-hydroxylation sites is 1. The molecule has 0 atom stereocenters. The second kappa shape index (κ2) is 8.60. The van der Waals surface area contributed by atoms with Gasteiger partial charge in [-0.2, -0.15) is 0 Å². The Hall–Kier alpha value is -4.10. The van der Waals surface area contributed by atoms with Crippen molar-refractivity contribution in [3.8, 4) is 0 Å². The maximum atomic E-state index is 13.2. The molecular formula is C28H24N2O4S. The first-order valence-electron chi connectivity index (χ1n) is 11.2. The first-order valence-corrected chi connectivity index (χ1v) is 12.6. The van der Waals surface area contributed by atoms with E-state index in [2.05, 4.69) is 10.0 Å². The molecule has 1 amide bonds. The van der Waals surface area contributed by atoms with Crippen LogP contribution < -0.4 is 10.0 Å². The van der Waals surface area contributed by atoms with Crippen LogP contribution in [-0.4, -0.2) is 14.3 Å². The van der Waals surface area contributed by atoms with Gasteiger partial charge < -0.3 is 9.73 Å². The van der Waals surface area contributed by atoms with E-state index in [9.17, 15) is 13.2 Å². The minimum Gasteiger partial charge on any atom is -0.456 e. The fourth-order valence-corrected chi connectivity index (χ4v) is 5.49. The summed E-state index contributed by atoms with van der Waals surface area (Å²) in [5.74, 6) is -0.413. The molecule has 1 aromatic heterocycles. The van der Waals surface area contributed by atoms with Gasteiger partial charge in [-0.15, -0.1) is 0 Å². The summed E-state index contributed by atoms with van der Waals surface area (Å²) in [4.78, 5) is 13.1. The average Bonchev–Trinajstić information content (AvgIpc) is 3.20. The number of furan rings is 1. The molecule has 6 nitrogen and oxygen atoms in total. The van der Waals surface area contributed by atoms with Gasteiger partial charge >= 0.3 is 0 Å². The van der Waals surface area contributed by atoms with E-state index in [1.165, 1.54) is 6.07 Å². The van der Waals surface area contributed by atoms with Gasteiger partial charge in [0.2, 0.25) is 0 Å². The molecule has 0 saturated carbocycles. The van der Waals surface area contributed by atoms with Crippen LogP contribution in [0.3, 0.4) is 0 Å². The van der Waals surface area contributed by atoms with Crippen molar-refractivity contribution in [1.82, 2.24) is 0 Å². The number of carbonyl (C=O) groups is 1. The van der Waals surface area contributed by atoms with Crippen LogP contribution in [0.2, 0.25) is 0 Å². The van der Waals surface area contributed by atoms with Crippen LogP contribution in [0.1, 0.15) is 27.0 Å². The Morgan fingerprint density at radius 2 is 1.54 bits per heavy atom. The van der Waals surface area contributed by atoms with Gasteiger partial charge in [0.25, 0.3) is 15.9 Å². The van der Waals surface area contributed by atoms with Crippen LogP contribution in [0.4, 0.5) is 11.4 Å². The van der Waals surface area contributed by atoms with Gasteiger partial charge in [0.15, 0.2) is 0 Å². The molecule has 0 fully saturated rings. The standard InChI is InChI=1S/C28H24N2O4S/c1-17-7-6-9-24(19(17)3)30-35(32,33)27-15-20(12-11-18(27)2)28(31)29-21-13-14-23-22-8-4-5-10-25(22)34-26(23)16-21/h4-16,30H,1-3H3,(H,29,31). The van der Waals surface area contributed by atoms with Gasteiger partial charge in [0.1, 0.15) is 11.2 Å². The highest BCUT2D eigenvalue weighted by molar-refractivity contribution is 7.92. The quantitative estimate of drug-likeness (QED) is 0.295. The van der Waals surface area contributed by atoms with Crippen molar-refractivity contribution in [2.75, 3.05) is 10.0 Å². The van der Waals surface area contributed by atoms with Crippen molar-refractivity contribution < 1.29 is 17.6 Å². The van der Waals surface area contributed by atoms with E-state index in [-0.39, 0.29) is 10.5 Å². The highest BCUT2D eigenvalue weighted by atomic mass is 32.2. The molecule has 5 aromatic rings. The van der Waals surface area contributed by atoms with Crippen LogP contribution in [-0.2, 0) is 10.0 Å². The number of rotatable bonds is 5. The molecule has 35 heavy (non-hydrogen) atoms. The highest BCUT2D eigenvalue weighted by Crippen LogP contribution is 2.31. The number of amides is 1. The molecule has 0 saturated heterocycles. The molecule has 0 bridgehead atoms. The lowest BCUT2D eigenvalue weighted by atomic mass is 10.1. The third kappa shape index (κ3) is 4.26. The van der Waals surface area contributed by atoms with E-state index >= 15 is 0 Å². The summed E-state index contributed by atoms with van der Waals surface area (Å²) in [5.41, 5.74) is 5.12. The fraction of sp³-hybridized carbons (Fsp3) is 0.107. The minimum atomic E-state index is -3.90. The van der Waals surface area contributed by atoms with Gasteiger partial charge in [-0.05, 0) is 73.9 Å². The van der Waals surface area contributed by atoms with Crippen molar-refractivity contribution in [2.45, 2.75) is 25.7 Å². The first-order chi connectivity index (χ1) is 16.7. The molecule has 176 valence electrons. The number of hydrogen-bond donors (Lipinski definition) is 2. The van der Waals surface area contributed by atoms with Crippen molar-refractivity contribution >= 4 is 49.2 Å². The molecule has 0 radical (unpaired) electrons. The Bertz CT molecular complexity index is 1720. The number of benzene rings is 4. The molecule has 1 heterocycles. The van der Waals surface area contributed by atoms with Gasteiger partial charge in [0.05, 0.1) is 10.6 Å². The smallest absolute Gasteiger partial charge is 0.262 e. The van der Waals surface area contributed by atoms with Gasteiger partial charge in [-0.3, -0.25) is 9.52 Å². The molecule has 5 rings (SSSR count).